The Labute approximate surface area is 238 Å². The van der Waals surface area contributed by atoms with Gasteiger partial charge in [0.05, 0.1) is 11.0 Å². The van der Waals surface area contributed by atoms with Crippen LogP contribution in [0.25, 0.3) is 0 Å². The topological polar surface area (TPSA) is 50.1 Å². The average molecular weight is 530 g/mol. The molecule has 39 heavy (non-hydrogen) atoms. The first-order valence-corrected chi connectivity index (χ1v) is 15.9. The summed E-state index contributed by atoms with van der Waals surface area (Å²) >= 11 is 0. The number of rotatable bonds is 16. The third kappa shape index (κ3) is 8.96. The highest BCUT2D eigenvalue weighted by atomic mass is 16.5. The van der Waals surface area contributed by atoms with E-state index in [9.17, 15) is 10.1 Å². The van der Waals surface area contributed by atoms with E-state index in [0.29, 0.717) is 17.2 Å². The number of esters is 1. The van der Waals surface area contributed by atoms with E-state index in [1.807, 2.05) is 18.2 Å². The van der Waals surface area contributed by atoms with Crippen molar-refractivity contribution in [2.24, 2.45) is 5.92 Å². The Kier molecular flexibility index (Phi) is 13.1. The molecule has 0 amide bonds. The number of nitrogens with zero attached hydrogens (tertiary/aromatic N) is 1. The van der Waals surface area contributed by atoms with Crippen LogP contribution >= 0.6 is 0 Å². The molecule has 1 aliphatic carbocycles. The van der Waals surface area contributed by atoms with Crippen molar-refractivity contribution in [1.82, 2.24) is 0 Å². The molecular weight excluding hydrogens is 478 g/mol. The molecule has 3 heteroatoms. The number of hydrogen-bond donors (Lipinski definition) is 0. The minimum Gasteiger partial charge on any atom is -0.424 e. The average Bonchev–Trinajstić information content (AvgIpc) is 2.98. The van der Waals surface area contributed by atoms with Crippen molar-refractivity contribution in [2.45, 2.75) is 135 Å². The highest BCUT2D eigenvalue weighted by molar-refractivity contribution is 5.85. The van der Waals surface area contributed by atoms with Gasteiger partial charge in [-0.3, -0.25) is 4.79 Å². The summed E-state index contributed by atoms with van der Waals surface area (Å²) in [6.45, 7) is 6.73. The minimum atomic E-state index is -0.629. The van der Waals surface area contributed by atoms with Gasteiger partial charge in [0.2, 0.25) is 0 Å². The first-order valence-electron chi connectivity index (χ1n) is 15.9. The van der Waals surface area contributed by atoms with E-state index >= 15 is 0 Å². The van der Waals surface area contributed by atoms with Crippen LogP contribution in [0.2, 0.25) is 0 Å². The molecule has 0 aliphatic heterocycles. The third-order valence-electron chi connectivity index (χ3n) is 8.86. The summed E-state index contributed by atoms with van der Waals surface area (Å²) in [6.07, 6.45) is 19.5. The molecule has 3 rings (SSSR count). The van der Waals surface area contributed by atoms with E-state index < -0.39 is 5.41 Å². The monoisotopic (exact) mass is 529 g/mol. The summed E-state index contributed by atoms with van der Waals surface area (Å²) in [5.41, 5.74) is 3.40. The van der Waals surface area contributed by atoms with Crippen LogP contribution < -0.4 is 4.74 Å². The van der Waals surface area contributed by atoms with Gasteiger partial charge in [-0.05, 0) is 66.8 Å². The molecule has 0 N–H and O–H groups in total. The molecule has 1 saturated carbocycles. The van der Waals surface area contributed by atoms with Crippen LogP contribution in [-0.2, 0) is 23.1 Å². The van der Waals surface area contributed by atoms with Crippen molar-refractivity contribution >= 4 is 5.97 Å². The van der Waals surface area contributed by atoms with Crippen molar-refractivity contribution in [2.75, 3.05) is 0 Å². The highest BCUT2D eigenvalue weighted by Gasteiger charge is 2.43. The lowest BCUT2D eigenvalue weighted by molar-refractivity contribution is -0.142. The number of nitriles is 1. The maximum Gasteiger partial charge on any atom is 0.321 e. The van der Waals surface area contributed by atoms with Crippen LogP contribution in [0, 0.1) is 17.2 Å². The molecule has 0 saturated heterocycles. The number of carbonyl (C=O) groups excluding carboxylic acids is 1. The largest absolute Gasteiger partial charge is 0.424 e. The minimum absolute atomic E-state index is 0.204. The number of carbonyl (C=O) groups is 1. The van der Waals surface area contributed by atoms with Crippen molar-refractivity contribution < 1.29 is 9.53 Å². The Morgan fingerprint density at radius 3 is 2.21 bits per heavy atom. The van der Waals surface area contributed by atoms with E-state index in [1.54, 1.807) is 0 Å². The van der Waals surface area contributed by atoms with Crippen LogP contribution in [0.4, 0.5) is 0 Å². The van der Waals surface area contributed by atoms with Crippen LogP contribution in [0.3, 0.4) is 0 Å². The first kappa shape index (κ1) is 30.9. The van der Waals surface area contributed by atoms with E-state index in [1.165, 1.54) is 63.4 Å². The van der Waals surface area contributed by atoms with Gasteiger partial charge in [0.1, 0.15) is 11.8 Å². The summed E-state index contributed by atoms with van der Waals surface area (Å²) in [5.74, 6) is 0.821. The predicted octanol–water partition coefficient (Wildman–Crippen LogP) is 10.0. The molecule has 1 unspecified atom stereocenters. The lowest BCUT2D eigenvalue weighted by atomic mass is 9.69. The van der Waals surface area contributed by atoms with Crippen molar-refractivity contribution in [1.29, 1.82) is 5.26 Å². The third-order valence-corrected chi connectivity index (χ3v) is 8.86. The zero-order chi connectivity index (χ0) is 27.9. The molecule has 3 nitrogen and oxygen atoms in total. The second-order valence-corrected chi connectivity index (χ2v) is 11.8. The summed E-state index contributed by atoms with van der Waals surface area (Å²) in [4.78, 5) is 13.8. The van der Waals surface area contributed by atoms with Gasteiger partial charge in [-0.1, -0.05) is 128 Å². The van der Waals surface area contributed by atoms with Crippen molar-refractivity contribution in [3.8, 4) is 11.8 Å². The Bertz CT molecular complexity index is 1040. The molecular formula is C36H51NO2. The Morgan fingerprint density at radius 2 is 1.54 bits per heavy atom. The van der Waals surface area contributed by atoms with Gasteiger partial charge in [-0.25, -0.2) is 0 Å². The molecule has 2 aromatic carbocycles. The fraction of sp³-hybridized carbons (Fsp3) is 0.611. The second kappa shape index (κ2) is 16.5. The van der Waals surface area contributed by atoms with E-state index in [2.05, 4.69) is 51.1 Å². The number of unbranched alkanes of at least 4 members (excludes halogenated alkanes) is 6. The molecule has 0 aromatic heterocycles. The van der Waals surface area contributed by atoms with Gasteiger partial charge >= 0.3 is 5.97 Å². The normalized spacial score (nSPS) is 15.4. The van der Waals surface area contributed by atoms with E-state index in [4.69, 9.17) is 4.74 Å². The molecule has 1 aliphatic rings. The van der Waals surface area contributed by atoms with Gasteiger partial charge < -0.3 is 4.74 Å². The van der Waals surface area contributed by atoms with Crippen molar-refractivity contribution in [3.63, 3.8) is 0 Å². The second-order valence-electron chi connectivity index (χ2n) is 11.8. The fourth-order valence-electron chi connectivity index (χ4n) is 6.22. The van der Waals surface area contributed by atoms with Crippen LogP contribution in [0.15, 0.2) is 42.5 Å². The van der Waals surface area contributed by atoms with E-state index in [-0.39, 0.29) is 5.97 Å². The van der Waals surface area contributed by atoms with E-state index in [0.717, 1.165) is 62.5 Å². The summed E-state index contributed by atoms with van der Waals surface area (Å²) in [7, 11) is 0. The van der Waals surface area contributed by atoms with Gasteiger partial charge in [0.25, 0.3) is 0 Å². The van der Waals surface area contributed by atoms with Gasteiger partial charge in [-0.15, -0.1) is 0 Å². The lowest BCUT2D eigenvalue weighted by Gasteiger charge is -2.35. The molecule has 1 fully saturated rings. The summed E-state index contributed by atoms with van der Waals surface area (Å²) in [6, 6.07) is 16.9. The molecule has 0 spiro atoms. The maximum absolute atomic E-state index is 13.8. The maximum atomic E-state index is 13.8. The standard InChI is InChI=1S/C36H51NO2/c1-4-7-9-10-11-13-17-30-18-21-33(22-19-30)36(24-14-12-15-25-36)35(38)39-34-23-20-31(27-32(34)28-37)26-29(6-3)16-8-5-2/h18-23,27,29H,4-17,24-26H2,1-3H3. The zero-order valence-corrected chi connectivity index (χ0v) is 24.9. The van der Waals surface area contributed by atoms with Gasteiger partial charge in [0, 0.05) is 0 Å². The molecule has 212 valence electrons. The zero-order valence-electron chi connectivity index (χ0n) is 24.9. The lowest BCUT2D eigenvalue weighted by Crippen LogP contribution is -2.41. The Hall–Kier alpha value is -2.60. The Morgan fingerprint density at radius 1 is 0.872 bits per heavy atom. The fourth-order valence-corrected chi connectivity index (χ4v) is 6.22. The molecule has 1 atom stereocenters. The summed E-state index contributed by atoms with van der Waals surface area (Å²) in [5, 5.41) is 9.90. The van der Waals surface area contributed by atoms with Gasteiger partial charge in [0.15, 0.2) is 0 Å². The van der Waals surface area contributed by atoms with Crippen molar-refractivity contribution in [3.05, 3.63) is 64.7 Å². The van der Waals surface area contributed by atoms with Crippen LogP contribution in [-0.4, -0.2) is 5.97 Å². The van der Waals surface area contributed by atoms with Gasteiger partial charge in [-0.2, -0.15) is 5.26 Å². The number of hydrogen-bond acceptors (Lipinski definition) is 3. The summed E-state index contributed by atoms with van der Waals surface area (Å²) < 4.78 is 6.07. The SMILES string of the molecule is CCCCCCCCc1ccc(C2(C(=O)Oc3ccc(CC(CC)CCCC)cc3C#N)CCCCC2)cc1. The van der Waals surface area contributed by atoms with Crippen LogP contribution in [0.5, 0.6) is 5.75 Å². The first-order chi connectivity index (χ1) is 19.1. The Balaban J connectivity index is 1.70. The molecule has 0 bridgehead atoms. The smallest absolute Gasteiger partial charge is 0.321 e. The number of ether oxygens (including phenoxy) is 1. The quantitative estimate of drug-likeness (QED) is 0.123. The number of benzene rings is 2. The van der Waals surface area contributed by atoms with Crippen LogP contribution in [0.1, 0.15) is 139 Å². The predicted molar refractivity (Wildman–Crippen MR) is 162 cm³/mol. The molecule has 0 radical (unpaired) electrons. The highest BCUT2D eigenvalue weighted by Crippen LogP contribution is 2.41. The molecule has 2 aromatic rings. The molecule has 0 heterocycles. The number of aryl methyl sites for hydroxylation is 1.